The molecule has 1 fully saturated rings. The molecule has 21 heavy (non-hydrogen) atoms. The average molecular weight is 296 g/mol. The van der Waals surface area contributed by atoms with Gasteiger partial charge in [-0.25, -0.2) is 4.39 Å². The second-order valence-electron chi connectivity index (χ2n) is 5.31. The Morgan fingerprint density at radius 2 is 2.14 bits per heavy atom. The van der Waals surface area contributed by atoms with Crippen LogP contribution >= 0.6 is 0 Å². The highest BCUT2D eigenvalue weighted by atomic mass is 19.1. The van der Waals surface area contributed by atoms with Gasteiger partial charge in [0.25, 0.3) is 0 Å². The van der Waals surface area contributed by atoms with Gasteiger partial charge in [0.15, 0.2) is 0 Å². The summed E-state index contributed by atoms with van der Waals surface area (Å²) in [7, 11) is 0. The largest absolute Gasteiger partial charge is 0.481 e. The molecule has 1 aliphatic heterocycles. The van der Waals surface area contributed by atoms with Crippen molar-refractivity contribution in [1.82, 2.24) is 4.90 Å². The van der Waals surface area contributed by atoms with Gasteiger partial charge in [0.2, 0.25) is 0 Å². The maximum absolute atomic E-state index is 13.4. The van der Waals surface area contributed by atoms with Crippen LogP contribution in [0.1, 0.15) is 12.0 Å². The van der Waals surface area contributed by atoms with Crippen molar-refractivity contribution in [3.8, 4) is 0 Å². The molecule has 0 amide bonds. The Morgan fingerprint density at radius 3 is 2.71 bits per heavy atom. The van der Waals surface area contributed by atoms with Gasteiger partial charge in [-0.1, -0.05) is 12.1 Å². The Hall–Kier alpha value is -1.50. The summed E-state index contributed by atoms with van der Waals surface area (Å²) in [5.41, 5.74) is 4.93. The highest BCUT2D eigenvalue weighted by molar-refractivity contribution is 5.81. The monoisotopic (exact) mass is 296 g/mol. The van der Waals surface area contributed by atoms with Crippen molar-refractivity contribution in [3.05, 3.63) is 35.6 Å². The number of hydrogen-bond donors (Lipinski definition) is 2. The molecule has 1 aromatic carbocycles. The molecule has 2 rings (SSSR count). The van der Waals surface area contributed by atoms with E-state index in [1.807, 2.05) is 0 Å². The minimum atomic E-state index is -1.25. The number of benzene rings is 1. The smallest absolute Gasteiger partial charge is 0.315 e. The van der Waals surface area contributed by atoms with Gasteiger partial charge in [-0.15, -0.1) is 0 Å². The molecule has 3 N–H and O–H groups in total. The lowest BCUT2D eigenvalue weighted by molar-refractivity contribution is -0.144. The number of nitrogens with zero attached hydrogens (tertiary/aromatic N) is 1. The Bertz CT molecular complexity index is 492. The van der Waals surface area contributed by atoms with Crippen molar-refractivity contribution in [2.24, 2.45) is 5.73 Å². The van der Waals surface area contributed by atoms with Gasteiger partial charge >= 0.3 is 5.97 Å². The van der Waals surface area contributed by atoms with Crippen molar-refractivity contribution in [2.75, 3.05) is 39.4 Å². The first kappa shape index (κ1) is 15.9. The summed E-state index contributed by atoms with van der Waals surface area (Å²) in [5, 5.41) is 9.65. The van der Waals surface area contributed by atoms with E-state index >= 15 is 0 Å². The molecule has 1 unspecified atom stereocenters. The summed E-state index contributed by atoms with van der Waals surface area (Å²) in [6.07, 6.45) is 0.349. The lowest BCUT2D eigenvalue weighted by Gasteiger charge is -2.33. The minimum absolute atomic E-state index is 0.0594. The Labute approximate surface area is 123 Å². The fraction of sp³-hybridized carbons (Fsp3) is 0.533. The van der Waals surface area contributed by atoms with Crippen LogP contribution in [-0.4, -0.2) is 55.4 Å². The molecule has 5 nitrogen and oxygen atoms in total. The molecule has 1 atom stereocenters. The van der Waals surface area contributed by atoms with Gasteiger partial charge < -0.3 is 15.6 Å². The van der Waals surface area contributed by atoms with Crippen LogP contribution in [0.3, 0.4) is 0 Å². The molecule has 1 aromatic rings. The summed E-state index contributed by atoms with van der Waals surface area (Å²) in [5.74, 6) is -1.46. The predicted molar refractivity (Wildman–Crippen MR) is 76.6 cm³/mol. The Morgan fingerprint density at radius 1 is 1.43 bits per heavy atom. The zero-order valence-corrected chi connectivity index (χ0v) is 11.9. The van der Waals surface area contributed by atoms with Gasteiger partial charge in [-0.05, 0) is 30.7 Å². The van der Waals surface area contributed by atoms with Gasteiger partial charge in [-0.3, -0.25) is 9.69 Å². The molecule has 0 spiro atoms. The second-order valence-corrected chi connectivity index (χ2v) is 5.31. The van der Waals surface area contributed by atoms with Crippen molar-refractivity contribution >= 4 is 5.97 Å². The molecule has 0 bridgehead atoms. The number of nitrogens with two attached hydrogens (primary N) is 1. The second kappa shape index (κ2) is 6.98. The fourth-order valence-corrected chi connectivity index (χ4v) is 2.64. The molecule has 116 valence electrons. The molecule has 0 radical (unpaired) electrons. The van der Waals surface area contributed by atoms with E-state index in [1.165, 1.54) is 18.2 Å². The topological polar surface area (TPSA) is 75.8 Å². The third-order valence-electron chi connectivity index (χ3n) is 4.09. The van der Waals surface area contributed by atoms with Gasteiger partial charge in [0, 0.05) is 19.6 Å². The molecule has 0 aromatic heterocycles. The normalized spacial score (nSPS) is 19.1. The molecule has 1 saturated heterocycles. The van der Waals surface area contributed by atoms with Crippen LogP contribution < -0.4 is 5.73 Å². The van der Waals surface area contributed by atoms with E-state index < -0.39 is 17.2 Å². The molecule has 0 saturated carbocycles. The zero-order valence-electron chi connectivity index (χ0n) is 11.9. The molecule has 6 heteroatoms. The number of carboxylic acid groups (broad SMARTS) is 1. The summed E-state index contributed by atoms with van der Waals surface area (Å²) in [6, 6.07) is 5.71. The SMILES string of the molecule is NCC(CCN1CCOCC1)(C(=O)O)c1cccc(F)c1. The first-order valence-corrected chi connectivity index (χ1v) is 7.08. The van der Waals surface area contributed by atoms with Crippen LogP contribution in [0, 0.1) is 5.82 Å². The first-order valence-electron chi connectivity index (χ1n) is 7.08. The maximum Gasteiger partial charge on any atom is 0.315 e. The Kier molecular flexibility index (Phi) is 5.27. The highest BCUT2D eigenvalue weighted by Gasteiger charge is 2.39. The average Bonchev–Trinajstić information content (AvgIpc) is 2.49. The molecular weight excluding hydrogens is 275 g/mol. The van der Waals surface area contributed by atoms with Crippen molar-refractivity contribution < 1.29 is 19.0 Å². The number of carbonyl (C=O) groups is 1. The summed E-state index contributed by atoms with van der Waals surface area (Å²) in [4.78, 5) is 13.9. The van der Waals surface area contributed by atoms with Crippen LogP contribution in [0.25, 0.3) is 0 Å². The standard InChI is InChI=1S/C15H21FN2O3/c16-13-3-1-2-12(10-13)15(11-17,14(19)20)4-5-18-6-8-21-9-7-18/h1-3,10H,4-9,11,17H2,(H,19,20). The summed E-state index contributed by atoms with van der Waals surface area (Å²) in [6.45, 7) is 3.41. The maximum atomic E-state index is 13.4. The van der Waals surface area contributed by atoms with Crippen LogP contribution in [0.4, 0.5) is 4.39 Å². The van der Waals surface area contributed by atoms with Gasteiger partial charge in [0.1, 0.15) is 11.2 Å². The van der Waals surface area contributed by atoms with Crippen LogP contribution in [0.15, 0.2) is 24.3 Å². The third-order valence-corrected chi connectivity index (χ3v) is 4.09. The number of ether oxygens (including phenoxy) is 1. The van der Waals surface area contributed by atoms with Crippen LogP contribution in [0.5, 0.6) is 0 Å². The minimum Gasteiger partial charge on any atom is -0.481 e. The number of carboxylic acids is 1. The predicted octanol–water partition coefficient (Wildman–Crippen LogP) is 0.829. The number of halogens is 1. The van der Waals surface area contributed by atoms with E-state index in [0.717, 1.165) is 13.1 Å². The third kappa shape index (κ3) is 3.58. The lowest BCUT2D eigenvalue weighted by atomic mass is 9.77. The number of aliphatic carboxylic acids is 1. The van der Waals surface area contributed by atoms with Crippen molar-refractivity contribution in [3.63, 3.8) is 0 Å². The fourth-order valence-electron chi connectivity index (χ4n) is 2.64. The van der Waals surface area contributed by atoms with E-state index in [4.69, 9.17) is 10.5 Å². The quantitative estimate of drug-likeness (QED) is 0.813. The zero-order chi connectivity index (χ0) is 15.3. The van der Waals surface area contributed by atoms with Crippen molar-refractivity contribution in [2.45, 2.75) is 11.8 Å². The first-order chi connectivity index (χ1) is 10.1. The Balaban J connectivity index is 2.18. The molecule has 1 heterocycles. The van der Waals surface area contributed by atoms with Crippen molar-refractivity contribution in [1.29, 1.82) is 0 Å². The van der Waals surface area contributed by atoms with E-state index in [-0.39, 0.29) is 6.54 Å². The van der Waals surface area contributed by atoms with Crippen LogP contribution in [0.2, 0.25) is 0 Å². The highest BCUT2D eigenvalue weighted by Crippen LogP contribution is 2.28. The number of morpholine rings is 1. The summed E-state index contributed by atoms with van der Waals surface area (Å²) >= 11 is 0. The van der Waals surface area contributed by atoms with E-state index in [1.54, 1.807) is 6.07 Å². The molecule has 1 aliphatic rings. The lowest BCUT2D eigenvalue weighted by Crippen LogP contribution is -2.47. The van der Waals surface area contributed by atoms with E-state index in [0.29, 0.717) is 31.7 Å². The molecule has 0 aliphatic carbocycles. The molecular formula is C15H21FN2O3. The number of hydrogen-bond acceptors (Lipinski definition) is 4. The van der Waals surface area contributed by atoms with E-state index in [2.05, 4.69) is 4.90 Å². The van der Waals surface area contributed by atoms with E-state index in [9.17, 15) is 14.3 Å². The van der Waals surface area contributed by atoms with Gasteiger partial charge in [-0.2, -0.15) is 0 Å². The van der Waals surface area contributed by atoms with Gasteiger partial charge in [0.05, 0.1) is 13.2 Å². The number of rotatable bonds is 6. The summed E-state index contributed by atoms with van der Waals surface area (Å²) < 4.78 is 18.7. The van der Waals surface area contributed by atoms with Crippen LogP contribution in [-0.2, 0) is 14.9 Å².